The molecule has 0 radical (unpaired) electrons. The molecule has 4 amide bonds. The summed E-state index contributed by atoms with van der Waals surface area (Å²) < 4.78 is 5.02. The quantitative estimate of drug-likeness (QED) is 0.316. The van der Waals surface area contributed by atoms with Crippen LogP contribution in [0.25, 0.3) is 0 Å². The van der Waals surface area contributed by atoms with Crippen molar-refractivity contribution in [1.29, 1.82) is 0 Å². The minimum absolute atomic E-state index is 0.168. The number of rotatable bonds is 10. The number of hydrogen-bond donors (Lipinski definition) is 4. The lowest BCUT2D eigenvalue weighted by atomic mass is 10.2. The molecule has 2 aromatic carbocycles. The zero-order valence-electron chi connectivity index (χ0n) is 18.1. The van der Waals surface area contributed by atoms with Gasteiger partial charge in [-0.1, -0.05) is 24.3 Å². The van der Waals surface area contributed by atoms with Gasteiger partial charge in [0, 0.05) is 25.2 Å². The molecular weight excluding hydrogens is 428 g/mol. The van der Waals surface area contributed by atoms with E-state index in [9.17, 15) is 19.2 Å². The van der Waals surface area contributed by atoms with Crippen molar-refractivity contribution in [2.45, 2.75) is 13.8 Å². The summed E-state index contributed by atoms with van der Waals surface area (Å²) in [5.41, 5.74) is 7.30. The summed E-state index contributed by atoms with van der Waals surface area (Å²) >= 11 is 0. The first-order valence-corrected chi connectivity index (χ1v) is 9.78. The molecule has 0 aromatic heterocycles. The van der Waals surface area contributed by atoms with E-state index in [1.54, 1.807) is 48.5 Å². The maximum atomic E-state index is 11.7. The number of amides is 4. The van der Waals surface area contributed by atoms with Gasteiger partial charge in [-0.3, -0.25) is 19.2 Å². The Balaban J connectivity index is 1.63. The number of nitrogens with one attached hydrogen (secondary N) is 4. The normalized spacial score (nSPS) is 10.7. The van der Waals surface area contributed by atoms with E-state index < -0.39 is 11.8 Å². The Morgan fingerprint density at radius 3 is 1.39 bits per heavy atom. The third-order valence-corrected chi connectivity index (χ3v) is 3.73. The molecule has 0 bridgehead atoms. The molecule has 11 heteroatoms. The molecule has 0 heterocycles. The van der Waals surface area contributed by atoms with Crippen LogP contribution in [0.1, 0.15) is 25.0 Å². The number of hydrazone groups is 2. The van der Waals surface area contributed by atoms with Gasteiger partial charge in [-0.25, -0.2) is 10.9 Å². The number of hydrogen-bond acceptors (Lipinski definition) is 7. The van der Waals surface area contributed by atoms with Gasteiger partial charge in [-0.05, 0) is 35.4 Å². The minimum Gasteiger partial charge on any atom is -0.362 e. The fraction of sp³-hybridized carbons (Fsp3) is 0.182. The highest BCUT2D eigenvalue weighted by molar-refractivity contribution is 5.90. The molecule has 0 unspecified atom stereocenters. The van der Waals surface area contributed by atoms with Crippen molar-refractivity contribution in [2.75, 3.05) is 23.8 Å². The largest absolute Gasteiger partial charge is 0.362 e. The summed E-state index contributed by atoms with van der Waals surface area (Å²) in [5.74, 6) is -1.40. The molecule has 4 N–H and O–H groups in total. The molecule has 11 nitrogen and oxygen atoms in total. The van der Waals surface area contributed by atoms with Crippen LogP contribution in [-0.4, -0.2) is 49.3 Å². The maximum absolute atomic E-state index is 11.7. The Kier molecular flexibility index (Phi) is 9.90. The molecule has 2 rings (SSSR count). The number of anilines is 2. The second kappa shape index (κ2) is 13.1. The highest BCUT2D eigenvalue weighted by Crippen LogP contribution is 2.08. The van der Waals surface area contributed by atoms with Crippen LogP contribution in [0.2, 0.25) is 0 Å². The van der Waals surface area contributed by atoms with Crippen LogP contribution >= 0.6 is 0 Å². The Morgan fingerprint density at radius 1 is 0.697 bits per heavy atom. The fourth-order valence-electron chi connectivity index (χ4n) is 2.37. The van der Waals surface area contributed by atoms with Crippen molar-refractivity contribution in [3.05, 3.63) is 59.7 Å². The number of benzene rings is 2. The van der Waals surface area contributed by atoms with Crippen LogP contribution in [0.5, 0.6) is 0 Å². The summed E-state index contributed by atoms with van der Waals surface area (Å²) in [5, 5.41) is 12.9. The molecule has 172 valence electrons. The van der Waals surface area contributed by atoms with Crippen molar-refractivity contribution in [3.8, 4) is 0 Å². The fourth-order valence-corrected chi connectivity index (χ4v) is 2.37. The molecular formula is C22H24N6O5. The molecule has 0 fully saturated rings. The number of ether oxygens (including phenoxy) is 1. The van der Waals surface area contributed by atoms with Crippen LogP contribution in [0.3, 0.4) is 0 Å². The highest BCUT2D eigenvalue weighted by atomic mass is 16.5. The van der Waals surface area contributed by atoms with Gasteiger partial charge in [-0.2, -0.15) is 10.2 Å². The zero-order chi connectivity index (χ0) is 24.1. The van der Waals surface area contributed by atoms with Crippen LogP contribution in [0.4, 0.5) is 11.4 Å². The Labute approximate surface area is 190 Å². The first-order valence-electron chi connectivity index (χ1n) is 9.78. The second-order valence-electron chi connectivity index (χ2n) is 6.69. The number of carbonyl (C=O) groups is 4. The third kappa shape index (κ3) is 10.5. The SMILES string of the molecule is CC(=O)Nc1ccc(/C=N\NC(=O)COCC(=O)N/N=C\c2ccc(NC(C)=O)cc2)cc1. The standard InChI is InChI=1S/C22H24N6O5/c1-15(29)25-19-7-3-17(4-8-19)11-23-27-21(31)13-33-14-22(32)28-24-12-18-5-9-20(10-6-18)26-16(2)30/h3-12H,13-14H2,1-2H3,(H,25,29)(H,26,30)(H,27,31)(H,28,32)/b23-11-,24-12-. The van der Waals surface area contributed by atoms with Crippen LogP contribution in [0, 0.1) is 0 Å². The highest BCUT2D eigenvalue weighted by Gasteiger charge is 2.04. The average Bonchev–Trinajstić information content (AvgIpc) is 2.75. The lowest BCUT2D eigenvalue weighted by Crippen LogP contribution is -2.28. The lowest BCUT2D eigenvalue weighted by molar-refractivity contribution is -0.131. The van der Waals surface area contributed by atoms with Crippen molar-refractivity contribution < 1.29 is 23.9 Å². The van der Waals surface area contributed by atoms with Crippen molar-refractivity contribution in [1.82, 2.24) is 10.9 Å². The molecule has 0 aliphatic heterocycles. The molecule has 2 aromatic rings. The van der Waals surface area contributed by atoms with Gasteiger partial charge in [0.25, 0.3) is 11.8 Å². The van der Waals surface area contributed by atoms with Crippen LogP contribution in [0.15, 0.2) is 58.7 Å². The predicted molar refractivity (Wildman–Crippen MR) is 124 cm³/mol. The summed E-state index contributed by atoms with van der Waals surface area (Å²) in [6.45, 7) is 2.11. The van der Waals surface area contributed by atoms with Gasteiger partial charge in [0.15, 0.2) is 0 Å². The molecule has 33 heavy (non-hydrogen) atoms. The van der Waals surface area contributed by atoms with Gasteiger partial charge in [0.1, 0.15) is 13.2 Å². The van der Waals surface area contributed by atoms with Gasteiger partial charge >= 0.3 is 0 Å². The molecule has 0 saturated carbocycles. The lowest BCUT2D eigenvalue weighted by Gasteiger charge is -2.03. The van der Waals surface area contributed by atoms with E-state index in [1.807, 2.05) is 0 Å². The summed E-state index contributed by atoms with van der Waals surface area (Å²) in [6.07, 6.45) is 2.86. The van der Waals surface area contributed by atoms with Gasteiger partial charge in [0.05, 0.1) is 12.4 Å². The van der Waals surface area contributed by atoms with E-state index in [4.69, 9.17) is 4.74 Å². The van der Waals surface area contributed by atoms with Crippen molar-refractivity contribution in [2.24, 2.45) is 10.2 Å². The van der Waals surface area contributed by atoms with Gasteiger partial charge < -0.3 is 15.4 Å². The van der Waals surface area contributed by atoms with E-state index in [-0.39, 0.29) is 25.0 Å². The summed E-state index contributed by atoms with van der Waals surface area (Å²) in [7, 11) is 0. The zero-order valence-corrected chi connectivity index (χ0v) is 18.1. The van der Waals surface area contributed by atoms with Crippen LogP contribution in [-0.2, 0) is 23.9 Å². The Morgan fingerprint density at radius 2 is 1.06 bits per heavy atom. The van der Waals surface area contributed by atoms with Crippen molar-refractivity contribution >= 4 is 47.4 Å². The van der Waals surface area contributed by atoms with Crippen molar-refractivity contribution in [3.63, 3.8) is 0 Å². The number of nitrogens with zero attached hydrogens (tertiary/aromatic N) is 2. The van der Waals surface area contributed by atoms with E-state index in [2.05, 4.69) is 31.7 Å². The summed E-state index contributed by atoms with van der Waals surface area (Å²) in [6, 6.07) is 13.7. The maximum Gasteiger partial charge on any atom is 0.266 e. The average molecular weight is 452 g/mol. The Bertz CT molecular complexity index is 949. The molecule has 0 aliphatic rings. The van der Waals surface area contributed by atoms with Gasteiger partial charge in [0.2, 0.25) is 11.8 Å². The predicted octanol–water partition coefficient (Wildman–Crippen LogP) is 1.22. The Hall–Kier alpha value is -4.38. The minimum atomic E-state index is -0.531. The first-order chi connectivity index (χ1) is 15.8. The van der Waals surface area contributed by atoms with E-state index >= 15 is 0 Å². The van der Waals surface area contributed by atoms with Crippen LogP contribution < -0.4 is 21.5 Å². The van der Waals surface area contributed by atoms with E-state index in [0.717, 1.165) is 0 Å². The second-order valence-corrected chi connectivity index (χ2v) is 6.69. The topological polar surface area (TPSA) is 150 Å². The smallest absolute Gasteiger partial charge is 0.266 e. The van der Waals surface area contributed by atoms with Gasteiger partial charge in [-0.15, -0.1) is 0 Å². The molecule has 0 atom stereocenters. The monoisotopic (exact) mass is 452 g/mol. The third-order valence-electron chi connectivity index (χ3n) is 3.73. The molecule has 0 spiro atoms. The molecule has 0 aliphatic carbocycles. The molecule has 0 saturated heterocycles. The first kappa shape index (κ1) is 24.9. The van der Waals surface area contributed by atoms with E-state index in [1.165, 1.54) is 26.3 Å². The van der Waals surface area contributed by atoms with E-state index in [0.29, 0.717) is 22.5 Å². The number of carbonyl (C=O) groups excluding carboxylic acids is 4. The summed E-state index contributed by atoms with van der Waals surface area (Å²) in [4.78, 5) is 45.4.